The number of nitrogens with one attached hydrogen (secondary N) is 1. The lowest BCUT2D eigenvalue weighted by atomic mass is 10.2. The van der Waals surface area contributed by atoms with Gasteiger partial charge in [-0.2, -0.15) is 0 Å². The molecular formula is C15H24BrN3O3. The van der Waals surface area contributed by atoms with Gasteiger partial charge in [-0.25, -0.2) is 0 Å². The summed E-state index contributed by atoms with van der Waals surface area (Å²) in [7, 11) is 1.58. The SMILES string of the molecule is CCN(CC)C(C)CNC(=O)CN(C)C(=O)c1ccc(Br)o1. The Morgan fingerprint density at radius 3 is 2.45 bits per heavy atom. The number of rotatable bonds is 8. The fourth-order valence-electron chi connectivity index (χ4n) is 2.20. The van der Waals surface area contributed by atoms with E-state index in [1.54, 1.807) is 19.2 Å². The quantitative estimate of drug-likeness (QED) is 0.756. The molecular weight excluding hydrogens is 350 g/mol. The van der Waals surface area contributed by atoms with Crippen LogP contribution in [0.2, 0.25) is 0 Å². The van der Waals surface area contributed by atoms with Gasteiger partial charge in [0.05, 0.1) is 6.54 Å². The Bertz CT molecular complexity index is 500. The Hall–Kier alpha value is -1.34. The van der Waals surface area contributed by atoms with Crippen LogP contribution in [-0.2, 0) is 4.79 Å². The zero-order valence-electron chi connectivity index (χ0n) is 13.6. The van der Waals surface area contributed by atoms with Crippen LogP contribution in [0.1, 0.15) is 31.3 Å². The maximum Gasteiger partial charge on any atom is 0.289 e. The van der Waals surface area contributed by atoms with Crippen LogP contribution in [0.5, 0.6) is 0 Å². The van der Waals surface area contributed by atoms with Crippen molar-refractivity contribution in [3.63, 3.8) is 0 Å². The van der Waals surface area contributed by atoms with E-state index in [1.165, 1.54) is 4.90 Å². The second-order valence-corrected chi connectivity index (χ2v) is 5.92. The van der Waals surface area contributed by atoms with Gasteiger partial charge in [0, 0.05) is 19.6 Å². The number of halogens is 1. The van der Waals surface area contributed by atoms with Crippen molar-refractivity contribution < 1.29 is 14.0 Å². The highest BCUT2D eigenvalue weighted by Crippen LogP contribution is 2.15. The Morgan fingerprint density at radius 2 is 1.95 bits per heavy atom. The molecule has 0 aliphatic heterocycles. The van der Waals surface area contributed by atoms with Gasteiger partial charge in [0.2, 0.25) is 5.91 Å². The van der Waals surface area contributed by atoms with Gasteiger partial charge in [0.15, 0.2) is 10.4 Å². The van der Waals surface area contributed by atoms with Crippen LogP contribution in [0, 0.1) is 0 Å². The van der Waals surface area contributed by atoms with Gasteiger partial charge < -0.3 is 14.6 Å². The van der Waals surface area contributed by atoms with Crippen LogP contribution in [0.15, 0.2) is 21.2 Å². The molecule has 124 valence electrons. The summed E-state index contributed by atoms with van der Waals surface area (Å²) >= 11 is 3.15. The molecule has 0 bridgehead atoms. The number of carbonyl (C=O) groups excluding carboxylic acids is 2. The first-order valence-corrected chi connectivity index (χ1v) is 8.19. The largest absolute Gasteiger partial charge is 0.444 e. The monoisotopic (exact) mass is 373 g/mol. The van der Waals surface area contributed by atoms with Crippen molar-refractivity contribution >= 4 is 27.7 Å². The van der Waals surface area contributed by atoms with Crippen LogP contribution in [-0.4, -0.2) is 60.9 Å². The summed E-state index contributed by atoms with van der Waals surface area (Å²) in [4.78, 5) is 27.6. The lowest BCUT2D eigenvalue weighted by Crippen LogP contribution is -2.45. The number of carbonyl (C=O) groups is 2. The highest BCUT2D eigenvalue weighted by molar-refractivity contribution is 9.10. The maximum absolute atomic E-state index is 12.1. The first-order valence-electron chi connectivity index (χ1n) is 7.40. The third-order valence-corrected chi connectivity index (χ3v) is 3.97. The number of likely N-dealkylation sites (N-methyl/N-ethyl adjacent to an activating group) is 2. The van der Waals surface area contributed by atoms with E-state index < -0.39 is 0 Å². The zero-order chi connectivity index (χ0) is 16.7. The molecule has 1 rings (SSSR count). The molecule has 0 aliphatic carbocycles. The third kappa shape index (κ3) is 5.46. The predicted octanol–water partition coefficient (Wildman–Crippen LogP) is 1.96. The summed E-state index contributed by atoms with van der Waals surface area (Å²) in [5, 5.41) is 2.86. The molecule has 0 saturated carbocycles. The lowest BCUT2D eigenvalue weighted by molar-refractivity contribution is -0.121. The molecule has 7 heteroatoms. The van der Waals surface area contributed by atoms with E-state index in [0.717, 1.165) is 13.1 Å². The van der Waals surface area contributed by atoms with E-state index in [4.69, 9.17) is 4.42 Å². The Morgan fingerprint density at radius 1 is 1.32 bits per heavy atom. The molecule has 2 amide bonds. The third-order valence-electron chi connectivity index (χ3n) is 3.54. The van der Waals surface area contributed by atoms with Gasteiger partial charge in [-0.05, 0) is 48.1 Å². The normalized spacial score (nSPS) is 12.3. The molecule has 1 unspecified atom stereocenters. The maximum atomic E-state index is 12.1. The van der Waals surface area contributed by atoms with E-state index in [2.05, 4.69) is 46.9 Å². The molecule has 1 aromatic rings. The van der Waals surface area contributed by atoms with E-state index >= 15 is 0 Å². The highest BCUT2D eigenvalue weighted by atomic mass is 79.9. The van der Waals surface area contributed by atoms with Gasteiger partial charge in [0.25, 0.3) is 5.91 Å². The van der Waals surface area contributed by atoms with Crippen molar-refractivity contribution in [2.75, 3.05) is 33.2 Å². The second-order valence-electron chi connectivity index (χ2n) is 5.14. The summed E-state index contributed by atoms with van der Waals surface area (Å²) < 4.78 is 5.68. The Labute approximate surface area is 140 Å². The molecule has 0 saturated heterocycles. The number of amides is 2. The van der Waals surface area contributed by atoms with Gasteiger partial charge in [-0.1, -0.05) is 13.8 Å². The first-order chi connectivity index (χ1) is 10.4. The van der Waals surface area contributed by atoms with Crippen molar-refractivity contribution in [3.05, 3.63) is 22.6 Å². The zero-order valence-corrected chi connectivity index (χ0v) is 15.1. The van der Waals surface area contributed by atoms with Gasteiger partial charge >= 0.3 is 0 Å². The molecule has 1 atom stereocenters. The van der Waals surface area contributed by atoms with Crippen LogP contribution in [0.3, 0.4) is 0 Å². The van der Waals surface area contributed by atoms with Crippen LogP contribution < -0.4 is 5.32 Å². The predicted molar refractivity (Wildman–Crippen MR) is 88.8 cm³/mol. The Balaban J connectivity index is 2.42. The van der Waals surface area contributed by atoms with E-state index in [9.17, 15) is 9.59 Å². The van der Waals surface area contributed by atoms with Crippen molar-refractivity contribution in [2.24, 2.45) is 0 Å². The lowest BCUT2D eigenvalue weighted by Gasteiger charge is -2.26. The second kappa shape index (κ2) is 8.95. The summed E-state index contributed by atoms with van der Waals surface area (Å²) in [5.41, 5.74) is 0. The number of furan rings is 1. The van der Waals surface area contributed by atoms with Gasteiger partial charge in [-0.15, -0.1) is 0 Å². The van der Waals surface area contributed by atoms with Crippen LogP contribution in [0.4, 0.5) is 0 Å². The van der Waals surface area contributed by atoms with Crippen molar-refractivity contribution in [3.8, 4) is 0 Å². The first kappa shape index (κ1) is 18.7. The average Bonchev–Trinajstić information content (AvgIpc) is 2.92. The summed E-state index contributed by atoms with van der Waals surface area (Å²) in [6, 6.07) is 3.48. The van der Waals surface area contributed by atoms with Crippen LogP contribution in [0.25, 0.3) is 0 Å². The number of nitrogens with zero attached hydrogens (tertiary/aromatic N) is 2. The van der Waals surface area contributed by atoms with Crippen LogP contribution >= 0.6 is 15.9 Å². The Kier molecular flexibility index (Phi) is 7.61. The fraction of sp³-hybridized carbons (Fsp3) is 0.600. The molecule has 6 nitrogen and oxygen atoms in total. The smallest absolute Gasteiger partial charge is 0.289 e. The topological polar surface area (TPSA) is 65.8 Å². The molecule has 0 fully saturated rings. The molecule has 22 heavy (non-hydrogen) atoms. The summed E-state index contributed by atoms with van der Waals surface area (Å²) in [6.07, 6.45) is 0. The van der Waals surface area contributed by atoms with Gasteiger partial charge in [-0.3, -0.25) is 14.5 Å². The average molecular weight is 374 g/mol. The van der Waals surface area contributed by atoms with E-state index in [1.807, 2.05) is 0 Å². The molecule has 0 radical (unpaired) electrons. The summed E-state index contributed by atoms with van der Waals surface area (Å²) in [5.74, 6) is -0.295. The standard InChI is InChI=1S/C15H24BrN3O3/c1-5-19(6-2)11(3)9-17-14(20)10-18(4)15(21)12-7-8-13(16)22-12/h7-8,11H,5-6,9-10H2,1-4H3,(H,17,20). The fourth-order valence-corrected chi connectivity index (χ4v) is 2.50. The minimum atomic E-state index is -0.322. The molecule has 1 aromatic heterocycles. The molecule has 1 N–H and O–H groups in total. The van der Waals surface area contributed by atoms with Gasteiger partial charge in [0.1, 0.15) is 0 Å². The van der Waals surface area contributed by atoms with Crippen molar-refractivity contribution in [2.45, 2.75) is 26.8 Å². The highest BCUT2D eigenvalue weighted by Gasteiger charge is 2.18. The van der Waals surface area contributed by atoms with Crippen molar-refractivity contribution in [1.82, 2.24) is 15.1 Å². The molecule has 1 heterocycles. The molecule has 0 spiro atoms. The minimum Gasteiger partial charge on any atom is -0.444 e. The number of hydrogen-bond acceptors (Lipinski definition) is 4. The minimum absolute atomic E-state index is 0.00211. The van der Waals surface area contributed by atoms with Crippen molar-refractivity contribution in [1.29, 1.82) is 0 Å². The molecule has 0 aliphatic rings. The number of hydrogen-bond donors (Lipinski definition) is 1. The van der Waals surface area contributed by atoms with E-state index in [0.29, 0.717) is 11.2 Å². The van der Waals surface area contributed by atoms with E-state index in [-0.39, 0.29) is 30.2 Å². The summed E-state index contributed by atoms with van der Waals surface area (Å²) in [6.45, 7) is 8.71. The molecule has 0 aromatic carbocycles.